The van der Waals surface area contributed by atoms with E-state index < -0.39 is 0 Å². The van der Waals surface area contributed by atoms with Crippen LogP contribution in [-0.4, -0.2) is 38.5 Å². The maximum absolute atomic E-state index is 12.1. The Bertz CT molecular complexity index is 665. The van der Waals surface area contributed by atoms with Gasteiger partial charge in [-0.15, -0.1) is 0 Å². The zero-order valence-electron chi connectivity index (χ0n) is 17.7. The molecular weight excluding hydrogens is 388 g/mol. The van der Waals surface area contributed by atoms with E-state index in [4.69, 9.17) is 20.1 Å². The lowest BCUT2D eigenvalue weighted by Gasteiger charge is -2.57. The maximum Gasteiger partial charge on any atom is 0.265 e. The van der Waals surface area contributed by atoms with Crippen LogP contribution in [0.2, 0.25) is 0 Å². The van der Waals surface area contributed by atoms with Crippen LogP contribution in [0.4, 0.5) is 0 Å². The third-order valence-corrected chi connectivity index (χ3v) is 6.71. The zero-order chi connectivity index (χ0) is 20.9. The molecule has 0 heterocycles. The molecule has 1 amide bonds. The first-order chi connectivity index (χ1) is 14.1. The second kappa shape index (κ2) is 11.0. The quantitative estimate of drug-likeness (QED) is 0.157. The van der Waals surface area contributed by atoms with Crippen molar-refractivity contribution < 1.29 is 24.5 Å². The third kappa shape index (κ3) is 5.11. The molecule has 5 rings (SSSR count). The van der Waals surface area contributed by atoms with Crippen molar-refractivity contribution in [3.63, 3.8) is 0 Å². The van der Waals surface area contributed by atoms with Gasteiger partial charge in [0, 0.05) is 18.2 Å². The predicted octanol–water partition coefficient (Wildman–Crippen LogP) is 0.751. The van der Waals surface area contributed by atoms with Gasteiger partial charge in [-0.2, -0.15) is 0 Å². The van der Waals surface area contributed by atoms with Gasteiger partial charge < -0.3 is 19.7 Å². The average molecular weight is 425 g/mol. The van der Waals surface area contributed by atoms with Crippen molar-refractivity contribution in [2.75, 3.05) is 27.1 Å². The molecule has 9 nitrogen and oxygen atoms in total. The second-order valence-electron chi connectivity index (χ2n) is 8.55. The third-order valence-electron chi connectivity index (χ3n) is 6.71. The van der Waals surface area contributed by atoms with Crippen molar-refractivity contribution in [3.05, 3.63) is 29.3 Å². The van der Waals surface area contributed by atoms with E-state index in [1.165, 1.54) is 38.5 Å². The van der Waals surface area contributed by atoms with Crippen LogP contribution in [0.3, 0.4) is 0 Å². The van der Waals surface area contributed by atoms with Gasteiger partial charge in [0.1, 0.15) is 5.75 Å². The van der Waals surface area contributed by atoms with Crippen LogP contribution in [0.15, 0.2) is 18.2 Å². The first-order valence-electron chi connectivity index (χ1n) is 10.3. The number of carbonyl (C=O) groups excluding carboxylic acids is 1. The molecular formula is C21H36N4O5. The number of nitrogens with two attached hydrogens (primary N) is 3. The fourth-order valence-electron chi connectivity index (χ4n) is 6.04. The molecule has 4 aliphatic rings. The molecule has 4 bridgehead atoms. The number of rotatable bonds is 8. The number of benzene rings is 1. The van der Waals surface area contributed by atoms with E-state index in [-0.39, 0.29) is 23.6 Å². The predicted molar refractivity (Wildman–Crippen MR) is 113 cm³/mol. The van der Waals surface area contributed by atoms with Crippen molar-refractivity contribution in [2.24, 2.45) is 35.3 Å². The van der Waals surface area contributed by atoms with Crippen molar-refractivity contribution in [1.29, 1.82) is 0 Å². The summed E-state index contributed by atoms with van der Waals surface area (Å²) in [6.07, 6.45) is 7.73. The Morgan fingerprint density at radius 1 is 1.10 bits per heavy atom. The summed E-state index contributed by atoms with van der Waals surface area (Å²) in [7, 11) is 1.65. The summed E-state index contributed by atoms with van der Waals surface area (Å²) in [5, 5.41) is 0. The Morgan fingerprint density at radius 3 is 2.23 bits per heavy atom. The van der Waals surface area contributed by atoms with Crippen LogP contribution in [-0.2, 0) is 14.9 Å². The highest BCUT2D eigenvalue weighted by molar-refractivity contribution is 5.94. The molecule has 30 heavy (non-hydrogen) atoms. The van der Waals surface area contributed by atoms with Crippen molar-refractivity contribution in [1.82, 2.24) is 5.43 Å². The summed E-state index contributed by atoms with van der Waals surface area (Å²) in [6, 6.07) is 5.68. The van der Waals surface area contributed by atoms with Gasteiger partial charge in [-0.1, -0.05) is 0 Å². The molecule has 4 saturated carbocycles. The van der Waals surface area contributed by atoms with E-state index in [9.17, 15) is 4.79 Å². The van der Waals surface area contributed by atoms with E-state index in [0.29, 0.717) is 18.8 Å². The number of hydrazine groups is 2. The minimum Gasteiger partial charge on any atom is -0.467 e. The number of amides is 1. The maximum atomic E-state index is 12.1. The average Bonchev–Trinajstić information content (AvgIpc) is 2.73. The minimum atomic E-state index is -0.260. The van der Waals surface area contributed by atoms with Gasteiger partial charge in [-0.3, -0.25) is 21.9 Å². The van der Waals surface area contributed by atoms with Gasteiger partial charge in [-0.25, -0.2) is 5.84 Å². The molecule has 0 aliphatic heterocycles. The number of ether oxygens (including phenoxy) is 3. The highest BCUT2D eigenvalue weighted by Crippen LogP contribution is 2.61. The summed E-state index contributed by atoms with van der Waals surface area (Å²) in [5.41, 5.74) is 4.13. The van der Waals surface area contributed by atoms with E-state index in [2.05, 4.69) is 17.1 Å². The fourth-order valence-corrected chi connectivity index (χ4v) is 6.04. The van der Waals surface area contributed by atoms with Gasteiger partial charge in [0.15, 0.2) is 6.79 Å². The lowest BCUT2D eigenvalue weighted by atomic mass is 9.48. The van der Waals surface area contributed by atoms with Crippen LogP contribution in [0, 0.1) is 17.8 Å². The molecule has 0 unspecified atom stereocenters. The first-order valence-corrected chi connectivity index (χ1v) is 10.3. The van der Waals surface area contributed by atoms with Crippen LogP contribution >= 0.6 is 0 Å². The Morgan fingerprint density at radius 2 is 1.70 bits per heavy atom. The molecule has 0 aromatic heterocycles. The Hall–Kier alpha value is -1.75. The van der Waals surface area contributed by atoms with E-state index in [1.54, 1.807) is 13.2 Å². The summed E-state index contributed by atoms with van der Waals surface area (Å²) >= 11 is 0. The van der Waals surface area contributed by atoms with Gasteiger partial charge >= 0.3 is 0 Å². The largest absolute Gasteiger partial charge is 0.467 e. The van der Waals surface area contributed by atoms with Crippen molar-refractivity contribution in [3.8, 4) is 5.75 Å². The summed E-state index contributed by atoms with van der Waals surface area (Å²) in [5.74, 6) is 16.4. The Balaban J connectivity index is 0.00000104. The Labute approximate surface area is 177 Å². The van der Waals surface area contributed by atoms with Crippen LogP contribution in [0.25, 0.3) is 0 Å². The van der Waals surface area contributed by atoms with Crippen LogP contribution in [0.1, 0.15) is 54.4 Å². The van der Waals surface area contributed by atoms with Crippen LogP contribution in [0.5, 0.6) is 5.75 Å². The van der Waals surface area contributed by atoms with Crippen molar-refractivity contribution in [2.45, 2.75) is 43.9 Å². The molecule has 0 atom stereocenters. The summed E-state index contributed by atoms with van der Waals surface area (Å²) in [4.78, 5) is 12.1. The smallest absolute Gasteiger partial charge is 0.265 e. The topological polar surface area (TPSA) is 166 Å². The van der Waals surface area contributed by atoms with E-state index in [1.807, 2.05) is 12.1 Å². The van der Waals surface area contributed by atoms with E-state index >= 15 is 0 Å². The number of hydrogen-bond acceptors (Lipinski definition) is 7. The first kappa shape index (κ1) is 24.5. The summed E-state index contributed by atoms with van der Waals surface area (Å²) < 4.78 is 16.5. The van der Waals surface area contributed by atoms with Gasteiger partial charge in [0.25, 0.3) is 5.91 Å². The molecule has 0 radical (unpaired) electrons. The number of methoxy groups -OCH3 is 1. The molecule has 9 heteroatoms. The standard InChI is InChI=1S/C21H30N2O4.H4N2.H2O/c1-25-4-5-26-13-27-19-3-2-17(20(24)23-22)9-18(19)21-10-14-6-15(11-21)8-16(7-14)12-21;1-2;/h2-3,9,14-16H,4-8,10-13,22H2,1H3,(H,23,24);1-2H2;1H2. The van der Waals surface area contributed by atoms with Crippen LogP contribution < -0.4 is 27.7 Å². The lowest BCUT2D eigenvalue weighted by molar-refractivity contribution is -0.0189. The number of nitrogens with one attached hydrogen (secondary N) is 1. The monoisotopic (exact) mass is 424 g/mol. The van der Waals surface area contributed by atoms with E-state index in [0.717, 1.165) is 29.1 Å². The van der Waals surface area contributed by atoms with Crippen molar-refractivity contribution >= 4 is 5.91 Å². The normalized spacial score (nSPS) is 28.2. The number of carbonyl (C=O) groups is 1. The van der Waals surface area contributed by atoms with Gasteiger partial charge in [0.05, 0.1) is 13.2 Å². The molecule has 9 N–H and O–H groups in total. The number of hydrogen-bond donors (Lipinski definition) is 4. The second-order valence-corrected chi connectivity index (χ2v) is 8.55. The fraction of sp³-hybridized carbons (Fsp3) is 0.667. The minimum absolute atomic E-state index is 0. The number of nitrogen functional groups attached to an aromatic ring is 1. The van der Waals surface area contributed by atoms with Gasteiger partial charge in [0.2, 0.25) is 0 Å². The molecule has 170 valence electrons. The summed E-state index contributed by atoms with van der Waals surface area (Å²) in [6.45, 7) is 1.23. The highest BCUT2D eigenvalue weighted by atomic mass is 16.7. The lowest BCUT2D eigenvalue weighted by Crippen LogP contribution is -2.48. The molecule has 1 aromatic carbocycles. The molecule has 4 fully saturated rings. The molecule has 0 saturated heterocycles. The SMILES string of the molecule is COCCOCOc1ccc(C(=O)NN)cc1C12CC3CC(CC(C3)C1)C2.NN.O. The van der Waals surface area contributed by atoms with Gasteiger partial charge in [-0.05, 0) is 79.9 Å². The molecule has 0 spiro atoms. The molecule has 4 aliphatic carbocycles. The zero-order valence-corrected chi connectivity index (χ0v) is 17.7. The highest BCUT2D eigenvalue weighted by Gasteiger charge is 2.52. The molecule has 1 aromatic rings. The Kier molecular flexibility index (Phi) is 9.02.